The molecule has 3 nitrogen and oxygen atoms in total. The van der Waals surface area contributed by atoms with Gasteiger partial charge in [0.25, 0.3) is 0 Å². The zero-order chi connectivity index (χ0) is 10.9. The molecule has 2 N–H and O–H groups in total. The second-order valence-corrected chi connectivity index (χ2v) is 2.24. The molecule has 0 atom stereocenters. The van der Waals surface area contributed by atoms with Crippen LogP contribution in [0.5, 0.6) is 0 Å². The van der Waals surface area contributed by atoms with E-state index in [1.54, 1.807) is 0 Å². The quantitative estimate of drug-likeness (QED) is 0.400. The van der Waals surface area contributed by atoms with E-state index in [2.05, 4.69) is 0 Å². The molecule has 0 heterocycles. The van der Waals surface area contributed by atoms with Crippen LogP contribution in [0.15, 0.2) is 0 Å². The van der Waals surface area contributed by atoms with Crippen LogP contribution in [0.1, 0.15) is 6.42 Å². The zero-order valence-electron chi connectivity index (χ0n) is 5.98. The lowest BCUT2D eigenvalue weighted by Gasteiger charge is -2.22. The van der Waals surface area contributed by atoms with E-state index in [-0.39, 0.29) is 0 Å². The fourth-order valence-corrected chi connectivity index (χ4v) is 0.501. The molecule has 0 amide bonds. The van der Waals surface area contributed by atoms with E-state index in [0.717, 1.165) is 0 Å². The molecule has 0 spiro atoms. The predicted molar refractivity (Wildman–Crippen MR) is 28.9 cm³/mol. The average Bonchev–Trinajstić information content (AvgIpc) is 1.83. The molecular weight excluding hydrogens is 203 g/mol. The summed E-state index contributed by atoms with van der Waals surface area (Å²) in [7, 11) is 0. The molecule has 0 aliphatic heterocycles. The molecule has 13 heavy (non-hydrogen) atoms. The highest BCUT2D eigenvalue weighted by Crippen LogP contribution is 2.38. The van der Waals surface area contributed by atoms with Crippen LogP contribution in [0.25, 0.3) is 0 Å². The normalized spacial score (nSPS) is 13.5. The van der Waals surface area contributed by atoms with Crippen LogP contribution in [0, 0.1) is 0 Å². The van der Waals surface area contributed by atoms with Gasteiger partial charge in [0, 0.05) is 0 Å². The lowest BCUT2D eigenvalue weighted by molar-refractivity contribution is -0.237. The second kappa shape index (κ2) is 3.54. The summed E-state index contributed by atoms with van der Waals surface area (Å²) in [6.07, 6.45) is -4.87. The van der Waals surface area contributed by atoms with Crippen molar-refractivity contribution in [3.05, 3.63) is 0 Å². The third-order valence-corrected chi connectivity index (χ3v) is 1.15. The van der Waals surface area contributed by atoms with Gasteiger partial charge in [-0.1, -0.05) is 0 Å². The van der Waals surface area contributed by atoms with E-state index >= 15 is 0 Å². The number of aliphatic hydroxyl groups is 2. The van der Waals surface area contributed by atoms with Crippen molar-refractivity contribution in [2.75, 3.05) is 0 Å². The van der Waals surface area contributed by atoms with Crippen molar-refractivity contribution in [2.45, 2.75) is 24.6 Å². The zero-order valence-corrected chi connectivity index (χ0v) is 5.98. The maximum Gasteiger partial charge on any atom is 0.398 e. The van der Waals surface area contributed by atoms with Gasteiger partial charge in [-0.2, -0.15) is 22.0 Å². The highest BCUT2D eigenvalue weighted by atomic mass is 19.3. The van der Waals surface area contributed by atoms with Gasteiger partial charge in [0.15, 0.2) is 6.29 Å². The average molecular weight is 208 g/mol. The van der Waals surface area contributed by atoms with E-state index in [4.69, 9.17) is 10.2 Å². The summed E-state index contributed by atoms with van der Waals surface area (Å²) in [6, 6.07) is -3.52. The first kappa shape index (κ1) is 12.2. The number of halogens is 5. The minimum atomic E-state index is -5.53. The van der Waals surface area contributed by atoms with Gasteiger partial charge >= 0.3 is 17.9 Å². The molecule has 8 heteroatoms. The van der Waals surface area contributed by atoms with E-state index in [0.29, 0.717) is 0 Å². The van der Waals surface area contributed by atoms with Gasteiger partial charge < -0.3 is 10.2 Å². The molecule has 0 aromatic heterocycles. The monoisotopic (exact) mass is 208 g/mol. The lowest BCUT2D eigenvalue weighted by atomic mass is 10.1. The molecule has 0 aliphatic carbocycles. The van der Waals surface area contributed by atoms with Gasteiger partial charge in [0.2, 0.25) is 0 Å². The maximum absolute atomic E-state index is 12.2. The van der Waals surface area contributed by atoms with Crippen molar-refractivity contribution in [3.8, 4) is 0 Å². The standard InChI is InChI=1S/C5H5F5O3/c6-3(13)5(9,10)4(7,8)1-2(11)12/h2,11-12H,1H2. The van der Waals surface area contributed by atoms with Crippen LogP contribution < -0.4 is 0 Å². The van der Waals surface area contributed by atoms with Crippen molar-refractivity contribution in [2.24, 2.45) is 0 Å². The fourth-order valence-electron chi connectivity index (χ4n) is 0.501. The highest BCUT2D eigenvalue weighted by molar-refractivity contribution is 5.77. The Hall–Kier alpha value is -0.760. The number of carbonyl (C=O) groups is 1. The Kier molecular flexibility index (Phi) is 3.34. The molecule has 78 valence electrons. The minimum absolute atomic E-state index is 2.12. The number of aliphatic hydroxyl groups excluding tert-OH is 1. The van der Waals surface area contributed by atoms with Gasteiger partial charge in [0.05, 0.1) is 6.42 Å². The summed E-state index contributed by atoms with van der Waals surface area (Å²) in [5.74, 6) is -10.6. The van der Waals surface area contributed by atoms with Crippen LogP contribution in [-0.4, -0.2) is 34.4 Å². The third-order valence-electron chi connectivity index (χ3n) is 1.15. The van der Waals surface area contributed by atoms with E-state index in [1.165, 1.54) is 0 Å². The molecule has 0 rings (SSSR count). The first-order chi connectivity index (χ1) is 5.61. The molecule has 0 aliphatic rings. The SMILES string of the molecule is O=C(F)C(F)(F)C(F)(F)CC(O)O. The molecule has 0 radical (unpaired) electrons. The Bertz CT molecular complexity index is 202. The summed E-state index contributed by atoms with van der Waals surface area (Å²) in [6.45, 7) is 0. The number of rotatable bonds is 4. The van der Waals surface area contributed by atoms with Crippen LogP contribution in [0.4, 0.5) is 22.0 Å². The van der Waals surface area contributed by atoms with Crippen LogP contribution in [0.3, 0.4) is 0 Å². The minimum Gasteiger partial charge on any atom is -0.368 e. The highest BCUT2D eigenvalue weighted by Gasteiger charge is 2.62. The maximum atomic E-state index is 12.2. The van der Waals surface area contributed by atoms with E-state index in [9.17, 15) is 26.7 Å². The smallest absolute Gasteiger partial charge is 0.368 e. The predicted octanol–water partition coefficient (Wildman–Crippen LogP) is 0.454. The van der Waals surface area contributed by atoms with Gasteiger partial charge in [-0.05, 0) is 0 Å². The topological polar surface area (TPSA) is 57.5 Å². The van der Waals surface area contributed by atoms with Crippen LogP contribution >= 0.6 is 0 Å². The van der Waals surface area contributed by atoms with Gasteiger partial charge in [-0.3, -0.25) is 4.79 Å². The van der Waals surface area contributed by atoms with Crippen LogP contribution in [-0.2, 0) is 4.79 Å². The molecule has 0 saturated carbocycles. The van der Waals surface area contributed by atoms with Crippen molar-refractivity contribution in [1.82, 2.24) is 0 Å². The Morgan fingerprint density at radius 2 is 1.62 bits per heavy atom. The summed E-state index contributed by atoms with van der Waals surface area (Å²) in [5.41, 5.74) is 0. The fraction of sp³-hybridized carbons (Fsp3) is 0.800. The summed E-state index contributed by atoms with van der Waals surface area (Å²) in [4.78, 5) is 9.43. The molecule has 0 fully saturated rings. The van der Waals surface area contributed by atoms with Gasteiger partial charge in [-0.15, -0.1) is 0 Å². The summed E-state index contributed by atoms with van der Waals surface area (Å²) >= 11 is 0. The van der Waals surface area contributed by atoms with Crippen molar-refractivity contribution in [1.29, 1.82) is 0 Å². The second-order valence-electron chi connectivity index (χ2n) is 2.24. The Morgan fingerprint density at radius 1 is 1.23 bits per heavy atom. The molecule has 0 saturated heterocycles. The Labute approximate surface area is 68.8 Å². The van der Waals surface area contributed by atoms with E-state index < -0.39 is 30.6 Å². The van der Waals surface area contributed by atoms with Crippen molar-refractivity contribution in [3.63, 3.8) is 0 Å². The van der Waals surface area contributed by atoms with Crippen molar-refractivity contribution < 1.29 is 37.0 Å². The molecular formula is C5H5F5O3. The largest absolute Gasteiger partial charge is 0.398 e. The Balaban J connectivity index is 4.70. The third kappa shape index (κ3) is 2.59. The number of alkyl halides is 4. The van der Waals surface area contributed by atoms with E-state index in [1.807, 2.05) is 0 Å². The first-order valence-corrected chi connectivity index (χ1v) is 2.93. The molecule has 0 aromatic carbocycles. The molecule has 0 aromatic rings. The van der Waals surface area contributed by atoms with Gasteiger partial charge in [-0.25, -0.2) is 0 Å². The van der Waals surface area contributed by atoms with Crippen molar-refractivity contribution >= 4 is 6.04 Å². The van der Waals surface area contributed by atoms with Gasteiger partial charge in [0.1, 0.15) is 0 Å². The molecule has 0 bridgehead atoms. The Morgan fingerprint density at radius 3 is 1.85 bits per heavy atom. The first-order valence-electron chi connectivity index (χ1n) is 2.93. The number of hydrogen-bond acceptors (Lipinski definition) is 3. The summed E-state index contributed by atoms with van der Waals surface area (Å²) in [5, 5.41) is 15.9. The summed E-state index contributed by atoms with van der Waals surface area (Å²) < 4.78 is 59.7. The van der Waals surface area contributed by atoms with Crippen LogP contribution in [0.2, 0.25) is 0 Å². The molecule has 0 unspecified atom stereocenters. The lowest BCUT2D eigenvalue weighted by Crippen LogP contribution is -2.47. The number of carbonyl (C=O) groups excluding carboxylic acids is 1. The number of hydrogen-bond donors (Lipinski definition) is 2.